The molecule has 0 bridgehead atoms. The minimum atomic E-state index is -0.908. The fraction of sp³-hybridized carbons (Fsp3) is 0.231. The predicted octanol–water partition coefficient (Wildman–Crippen LogP) is 6.02. The van der Waals surface area contributed by atoms with Crippen LogP contribution in [-0.4, -0.2) is 20.6 Å². The summed E-state index contributed by atoms with van der Waals surface area (Å²) in [5, 5.41) is 10.7. The number of benzene rings is 2. The highest BCUT2D eigenvalue weighted by atomic mass is 16.4. The third kappa shape index (κ3) is 3.73. The summed E-state index contributed by atoms with van der Waals surface area (Å²) in [4.78, 5) is 16.4. The minimum Gasteiger partial charge on any atom is -0.478 e. The number of fused-ring (bicyclic) bond motifs is 1. The van der Waals surface area contributed by atoms with E-state index in [0.29, 0.717) is 5.56 Å². The topological polar surface area (TPSA) is 55.1 Å². The second kappa shape index (κ2) is 8.15. The molecule has 0 fully saturated rings. The van der Waals surface area contributed by atoms with Crippen molar-refractivity contribution in [2.75, 3.05) is 0 Å². The van der Waals surface area contributed by atoms with Crippen LogP contribution in [0.5, 0.6) is 0 Å². The predicted molar refractivity (Wildman–Crippen MR) is 121 cm³/mol. The van der Waals surface area contributed by atoms with Crippen molar-refractivity contribution >= 4 is 17.0 Å². The molecular weight excluding hydrogens is 372 g/mol. The first-order chi connectivity index (χ1) is 14.5. The first-order valence-electron chi connectivity index (χ1n) is 10.4. The maximum absolute atomic E-state index is 11.5. The first kappa shape index (κ1) is 19.9. The van der Waals surface area contributed by atoms with Gasteiger partial charge < -0.3 is 9.67 Å². The molecule has 0 aliphatic heterocycles. The molecule has 0 saturated carbocycles. The molecule has 4 rings (SSSR count). The van der Waals surface area contributed by atoms with Gasteiger partial charge in [-0.15, -0.1) is 0 Å². The second-order valence-corrected chi connectivity index (χ2v) is 7.84. The van der Waals surface area contributed by atoms with E-state index in [-0.39, 0.29) is 0 Å². The van der Waals surface area contributed by atoms with Gasteiger partial charge >= 0.3 is 5.97 Å². The fourth-order valence-corrected chi connectivity index (χ4v) is 4.12. The van der Waals surface area contributed by atoms with E-state index in [9.17, 15) is 9.90 Å². The Morgan fingerprint density at radius 3 is 2.47 bits per heavy atom. The molecule has 4 heteroatoms. The summed E-state index contributed by atoms with van der Waals surface area (Å²) in [5.41, 5.74) is 7.77. The Morgan fingerprint density at radius 1 is 1.03 bits per heavy atom. The summed E-state index contributed by atoms with van der Waals surface area (Å²) in [6, 6.07) is 19.7. The van der Waals surface area contributed by atoms with Crippen molar-refractivity contribution in [1.82, 2.24) is 9.55 Å². The van der Waals surface area contributed by atoms with E-state index >= 15 is 0 Å². The molecule has 2 aromatic carbocycles. The molecule has 4 aromatic rings. The first-order valence-corrected chi connectivity index (χ1v) is 10.4. The van der Waals surface area contributed by atoms with Gasteiger partial charge in [0.05, 0.1) is 5.56 Å². The van der Waals surface area contributed by atoms with E-state index in [1.807, 2.05) is 31.2 Å². The number of aryl methyl sites for hydroxylation is 3. The molecule has 0 unspecified atom stereocenters. The van der Waals surface area contributed by atoms with Crippen molar-refractivity contribution in [3.05, 3.63) is 88.7 Å². The molecule has 0 amide bonds. The number of carbonyl (C=O) groups is 1. The van der Waals surface area contributed by atoms with Gasteiger partial charge in [-0.2, -0.15) is 0 Å². The van der Waals surface area contributed by atoms with Crippen molar-refractivity contribution in [2.45, 2.75) is 40.2 Å². The number of hydrogen-bond acceptors (Lipinski definition) is 2. The van der Waals surface area contributed by atoms with Crippen molar-refractivity contribution in [3.63, 3.8) is 0 Å². The number of carboxylic acids is 1. The van der Waals surface area contributed by atoms with Crippen LogP contribution in [0.1, 0.15) is 46.2 Å². The van der Waals surface area contributed by atoms with E-state index < -0.39 is 5.97 Å². The van der Waals surface area contributed by atoms with Crippen molar-refractivity contribution in [1.29, 1.82) is 0 Å². The van der Waals surface area contributed by atoms with Gasteiger partial charge in [-0.3, -0.25) is 0 Å². The number of nitrogens with zero attached hydrogens (tertiary/aromatic N) is 2. The van der Waals surface area contributed by atoms with Gasteiger partial charge in [0.1, 0.15) is 5.65 Å². The normalized spacial score (nSPS) is 11.2. The summed E-state index contributed by atoms with van der Waals surface area (Å²) < 4.78 is 2.32. The highest BCUT2D eigenvalue weighted by Gasteiger charge is 2.14. The van der Waals surface area contributed by atoms with Crippen LogP contribution in [0.4, 0.5) is 0 Å². The molecular formula is C26H26N2O2. The molecule has 152 valence electrons. The van der Waals surface area contributed by atoms with Crippen LogP contribution in [0, 0.1) is 13.8 Å². The van der Waals surface area contributed by atoms with Gasteiger partial charge in [-0.1, -0.05) is 55.8 Å². The lowest BCUT2D eigenvalue weighted by Crippen LogP contribution is -2.06. The van der Waals surface area contributed by atoms with Crippen LogP contribution >= 0.6 is 0 Å². The van der Waals surface area contributed by atoms with E-state index in [0.717, 1.165) is 41.9 Å². The number of hydrogen-bond donors (Lipinski definition) is 1. The zero-order valence-corrected chi connectivity index (χ0v) is 17.6. The van der Waals surface area contributed by atoms with Gasteiger partial charge in [-0.25, -0.2) is 9.78 Å². The number of aromatic carboxylic acids is 1. The summed E-state index contributed by atoms with van der Waals surface area (Å²) in [5.74, 6) is -0.908. The minimum absolute atomic E-state index is 0.321. The Balaban J connectivity index is 1.71. The molecule has 0 aliphatic rings. The monoisotopic (exact) mass is 398 g/mol. The van der Waals surface area contributed by atoms with Crippen LogP contribution in [0.2, 0.25) is 0 Å². The van der Waals surface area contributed by atoms with Crippen LogP contribution in [0.15, 0.2) is 60.7 Å². The van der Waals surface area contributed by atoms with E-state index in [1.54, 1.807) is 12.1 Å². The largest absolute Gasteiger partial charge is 0.478 e. The van der Waals surface area contributed by atoms with Gasteiger partial charge in [0.2, 0.25) is 0 Å². The van der Waals surface area contributed by atoms with E-state index in [1.165, 1.54) is 22.2 Å². The smallest absolute Gasteiger partial charge is 0.336 e. The van der Waals surface area contributed by atoms with Crippen molar-refractivity contribution in [3.8, 4) is 11.1 Å². The van der Waals surface area contributed by atoms with Crippen LogP contribution < -0.4 is 0 Å². The molecule has 0 radical (unpaired) electrons. The van der Waals surface area contributed by atoms with Crippen LogP contribution in [0.25, 0.3) is 22.2 Å². The molecule has 4 nitrogen and oxygen atoms in total. The SMILES string of the molecule is CCCc1cc2c(C)cc(C)nc2n1Cc1ccc(-c2ccccc2C(=O)O)cc1. The van der Waals surface area contributed by atoms with Gasteiger partial charge in [0, 0.05) is 23.3 Å². The van der Waals surface area contributed by atoms with Gasteiger partial charge in [-0.05, 0) is 60.7 Å². The molecule has 1 N–H and O–H groups in total. The number of carboxylic acid groups (broad SMARTS) is 1. The van der Waals surface area contributed by atoms with E-state index in [4.69, 9.17) is 4.98 Å². The maximum atomic E-state index is 11.5. The summed E-state index contributed by atoms with van der Waals surface area (Å²) in [6.07, 6.45) is 2.10. The third-order valence-electron chi connectivity index (χ3n) is 5.56. The van der Waals surface area contributed by atoms with Crippen LogP contribution in [-0.2, 0) is 13.0 Å². The van der Waals surface area contributed by atoms with Gasteiger partial charge in [0.15, 0.2) is 0 Å². The highest BCUT2D eigenvalue weighted by molar-refractivity contribution is 5.96. The average molecular weight is 399 g/mol. The second-order valence-electron chi connectivity index (χ2n) is 7.84. The summed E-state index contributed by atoms with van der Waals surface area (Å²) in [7, 11) is 0. The van der Waals surface area contributed by atoms with Crippen LogP contribution in [0.3, 0.4) is 0 Å². The number of pyridine rings is 1. The van der Waals surface area contributed by atoms with E-state index in [2.05, 4.69) is 42.7 Å². The van der Waals surface area contributed by atoms with Crippen molar-refractivity contribution in [2.24, 2.45) is 0 Å². The highest BCUT2D eigenvalue weighted by Crippen LogP contribution is 2.27. The lowest BCUT2D eigenvalue weighted by atomic mass is 9.99. The van der Waals surface area contributed by atoms with Gasteiger partial charge in [0.25, 0.3) is 0 Å². The standard InChI is InChI=1S/C26H26N2O2/c1-4-7-21-15-24-17(2)14-18(3)27-25(24)28(21)16-19-10-12-20(13-11-19)22-8-5-6-9-23(22)26(29)30/h5-6,8-15H,4,7,16H2,1-3H3,(H,29,30). The quantitative estimate of drug-likeness (QED) is 0.432. The molecule has 0 atom stereocenters. The Bertz CT molecular complexity index is 1220. The Morgan fingerprint density at radius 2 is 1.77 bits per heavy atom. The summed E-state index contributed by atoms with van der Waals surface area (Å²) >= 11 is 0. The average Bonchev–Trinajstić information content (AvgIpc) is 3.06. The fourth-order valence-electron chi connectivity index (χ4n) is 4.12. The molecule has 30 heavy (non-hydrogen) atoms. The Kier molecular flexibility index (Phi) is 5.40. The zero-order valence-electron chi connectivity index (χ0n) is 17.6. The lowest BCUT2D eigenvalue weighted by molar-refractivity contribution is 0.0697. The van der Waals surface area contributed by atoms with Crippen molar-refractivity contribution < 1.29 is 9.90 Å². The number of rotatable bonds is 6. The summed E-state index contributed by atoms with van der Waals surface area (Å²) in [6.45, 7) is 7.13. The lowest BCUT2D eigenvalue weighted by Gasteiger charge is -2.12. The Labute approximate surface area is 176 Å². The Hall–Kier alpha value is -3.40. The molecule has 2 aromatic heterocycles. The number of aromatic nitrogens is 2. The molecule has 0 spiro atoms. The molecule has 0 aliphatic carbocycles. The molecule has 2 heterocycles. The molecule has 0 saturated heterocycles. The zero-order chi connectivity index (χ0) is 21.3. The third-order valence-corrected chi connectivity index (χ3v) is 5.56. The maximum Gasteiger partial charge on any atom is 0.336 e.